The Bertz CT molecular complexity index is 395. The zero-order valence-electron chi connectivity index (χ0n) is 11.3. The van der Waals surface area contributed by atoms with Crippen molar-refractivity contribution in [1.29, 1.82) is 0 Å². The van der Waals surface area contributed by atoms with Crippen LogP contribution in [-0.2, 0) is 10.8 Å². The molecule has 1 fully saturated rings. The van der Waals surface area contributed by atoms with Crippen LogP contribution in [0.5, 0.6) is 0 Å². The van der Waals surface area contributed by atoms with Crippen LogP contribution in [0.1, 0.15) is 36.3 Å². The van der Waals surface area contributed by atoms with Crippen LogP contribution in [0.4, 0.5) is 0 Å². The van der Waals surface area contributed by atoms with E-state index < -0.39 is 10.8 Å². The molecule has 0 aliphatic heterocycles. The zero-order valence-corrected chi connectivity index (χ0v) is 12.1. The average Bonchev–Trinajstić information content (AvgIpc) is 2.28. The smallest absolute Gasteiger partial charge is 0.0244 e. The minimum atomic E-state index is -0.643. The molecule has 1 unspecified atom stereocenters. The van der Waals surface area contributed by atoms with Gasteiger partial charge in [-0.25, -0.2) is 0 Å². The molecule has 0 saturated heterocycles. The Kier molecular flexibility index (Phi) is 4.95. The standard InChI is InChI=1S/C15H23NOS/c1-12-4-6-13(7-5-12)14-10-15(11-14)16-8-3-9-18(2)17/h4-7,14-16H,3,8-11H2,1-2H3. The molecule has 0 amide bonds. The van der Waals surface area contributed by atoms with Gasteiger partial charge in [-0.3, -0.25) is 4.21 Å². The van der Waals surface area contributed by atoms with E-state index in [1.54, 1.807) is 6.26 Å². The van der Waals surface area contributed by atoms with Gasteiger partial charge < -0.3 is 5.32 Å². The first-order chi connectivity index (χ1) is 8.65. The predicted molar refractivity (Wildman–Crippen MR) is 78.5 cm³/mol. The summed E-state index contributed by atoms with van der Waals surface area (Å²) in [6.07, 6.45) is 5.29. The molecule has 1 aromatic carbocycles. The summed E-state index contributed by atoms with van der Waals surface area (Å²) in [4.78, 5) is 0. The lowest BCUT2D eigenvalue weighted by Crippen LogP contribution is -2.40. The van der Waals surface area contributed by atoms with Crippen molar-refractivity contribution in [1.82, 2.24) is 5.32 Å². The Labute approximate surface area is 113 Å². The summed E-state index contributed by atoms with van der Waals surface area (Å²) in [5, 5.41) is 3.55. The van der Waals surface area contributed by atoms with Crippen molar-refractivity contribution in [2.24, 2.45) is 0 Å². The summed E-state index contributed by atoms with van der Waals surface area (Å²) in [6, 6.07) is 9.59. The normalized spacial score (nSPS) is 24.6. The maximum atomic E-state index is 10.9. The van der Waals surface area contributed by atoms with Crippen LogP contribution in [0, 0.1) is 6.92 Å². The third-order valence-corrected chi connectivity index (χ3v) is 4.59. The van der Waals surface area contributed by atoms with Crippen LogP contribution < -0.4 is 5.32 Å². The maximum absolute atomic E-state index is 10.9. The van der Waals surface area contributed by atoms with E-state index in [0.29, 0.717) is 6.04 Å². The topological polar surface area (TPSA) is 29.1 Å². The summed E-state index contributed by atoms with van der Waals surface area (Å²) >= 11 is 0. The van der Waals surface area contributed by atoms with E-state index in [0.717, 1.165) is 24.6 Å². The number of benzene rings is 1. The number of nitrogens with one attached hydrogen (secondary N) is 1. The average molecular weight is 265 g/mol. The number of hydrogen-bond donors (Lipinski definition) is 1. The van der Waals surface area contributed by atoms with Crippen molar-refractivity contribution in [2.45, 2.75) is 38.1 Å². The van der Waals surface area contributed by atoms with E-state index in [2.05, 4.69) is 36.5 Å². The van der Waals surface area contributed by atoms with E-state index in [4.69, 9.17) is 0 Å². The van der Waals surface area contributed by atoms with Gasteiger partial charge in [0, 0.05) is 28.9 Å². The van der Waals surface area contributed by atoms with E-state index in [1.807, 2.05) is 0 Å². The van der Waals surface area contributed by atoms with Gasteiger partial charge in [0.2, 0.25) is 0 Å². The van der Waals surface area contributed by atoms with E-state index >= 15 is 0 Å². The molecule has 1 aliphatic rings. The summed E-state index contributed by atoms with van der Waals surface area (Å²) in [5.41, 5.74) is 2.81. The first-order valence-electron chi connectivity index (χ1n) is 6.75. The molecule has 0 radical (unpaired) electrons. The van der Waals surface area contributed by atoms with Crippen LogP contribution in [0.2, 0.25) is 0 Å². The first kappa shape index (κ1) is 13.8. The van der Waals surface area contributed by atoms with Crippen LogP contribution >= 0.6 is 0 Å². The lowest BCUT2D eigenvalue weighted by atomic mass is 9.76. The van der Waals surface area contributed by atoms with Gasteiger partial charge in [0.1, 0.15) is 0 Å². The number of hydrogen-bond acceptors (Lipinski definition) is 2. The molecular weight excluding hydrogens is 242 g/mol. The molecule has 100 valence electrons. The highest BCUT2D eigenvalue weighted by atomic mass is 32.2. The molecule has 2 nitrogen and oxygen atoms in total. The Morgan fingerprint density at radius 2 is 1.94 bits per heavy atom. The quantitative estimate of drug-likeness (QED) is 0.801. The van der Waals surface area contributed by atoms with Crippen molar-refractivity contribution in [3.05, 3.63) is 35.4 Å². The highest BCUT2D eigenvalue weighted by Gasteiger charge is 2.29. The Balaban J connectivity index is 1.64. The van der Waals surface area contributed by atoms with E-state index in [9.17, 15) is 4.21 Å². The summed E-state index contributed by atoms with van der Waals surface area (Å²) in [5.74, 6) is 1.56. The Morgan fingerprint density at radius 1 is 1.28 bits per heavy atom. The summed E-state index contributed by atoms with van der Waals surface area (Å²) in [6.45, 7) is 3.14. The lowest BCUT2D eigenvalue weighted by molar-refractivity contribution is 0.292. The van der Waals surface area contributed by atoms with Gasteiger partial charge in [0.15, 0.2) is 0 Å². The van der Waals surface area contributed by atoms with Crippen LogP contribution in [0.15, 0.2) is 24.3 Å². The first-order valence-corrected chi connectivity index (χ1v) is 8.48. The van der Waals surface area contributed by atoms with Crippen molar-refractivity contribution < 1.29 is 4.21 Å². The van der Waals surface area contributed by atoms with Crippen molar-refractivity contribution in [3.8, 4) is 0 Å². The predicted octanol–water partition coefficient (Wildman–Crippen LogP) is 2.60. The zero-order chi connectivity index (χ0) is 13.0. The molecule has 2 rings (SSSR count). The molecule has 1 atom stereocenters. The van der Waals surface area contributed by atoms with Gasteiger partial charge in [-0.2, -0.15) is 0 Å². The van der Waals surface area contributed by atoms with Crippen molar-refractivity contribution >= 4 is 10.8 Å². The largest absolute Gasteiger partial charge is 0.314 e. The third-order valence-electron chi connectivity index (χ3n) is 3.73. The second-order valence-corrected chi connectivity index (χ2v) is 6.92. The van der Waals surface area contributed by atoms with Gasteiger partial charge in [-0.1, -0.05) is 29.8 Å². The summed E-state index contributed by atoms with van der Waals surface area (Å²) < 4.78 is 10.9. The fraction of sp³-hybridized carbons (Fsp3) is 0.600. The van der Waals surface area contributed by atoms with Crippen molar-refractivity contribution in [3.63, 3.8) is 0 Å². The monoisotopic (exact) mass is 265 g/mol. The van der Waals surface area contributed by atoms with Crippen LogP contribution in [0.3, 0.4) is 0 Å². The fourth-order valence-electron chi connectivity index (χ4n) is 2.48. The molecule has 3 heteroatoms. The van der Waals surface area contributed by atoms with Crippen LogP contribution in [-0.4, -0.2) is 28.8 Å². The number of rotatable bonds is 6. The fourth-order valence-corrected chi connectivity index (χ4v) is 3.03. The molecule has 1 saturated carbocycles. The summed E-state index contributed by atoms with van der Waals surface area (Å²) in [7, 11) is -0.643. The maximum Gasteiger partial charge on any atom is 0.0244 e. The van der Waals surface area contributed by atoms with E-state index in [-0.39, 0.29) is 0 Å². The number of aryl methyl sites for hydroxylation is 1. The SMILES string of the molecule is Cc1ccc(C2CC(NCCCS(C)=O)C2)cc1. The molecular formula is C15H23NOS. The molecule has 1 N–H and O–H groups in total. The molecule has 1 aliphatic carbocycles. The molecule has 0 heterocycles. The molecule has 0 spiro atoms. The molecule has 18 heavy (non-hydrogen) atoms. The Hall–Kier alpha value is -0.670. The van der Waals surface area contributed by atoms with Gasteiger partial charge in [-0.05, 0) is 44.2 Å². The highest BCUT2D eigenvalue weighted by molar-refractivity contribution is 7.84. The molecule has 0 aromatic heterocycles. The third kappa shape index (κ3) is 3.92. The lowest BCUT2D eigenvalue weighted by Gasteiger charge is -2.36. The molecule has 1 aromatic rings. The van der Waals surface area contributed by atoms with Gasteiger partial charge >= 0.3 is 0 Å². The van der Waals surface area contributed by atoms with Crippen LogP contribution in [0.25, 0.3) is 0 Å². The van der Waals surface area contributed by atoms with E-state index in [1.165, 1.54) is 24.0 Å². The minimum Gasteiger partial charge on any atom is -0.314 e. The van der Waals surface area contributed by atoms with Crippen molar-refractivity contribution in [2.75, 3.05) is 18.6 Å². The van der Waals surface area contributed by atoms with Gasteiger partial charge in [0.25, 0.3) is 0 Å². The Morgan fingerprint density at radius 3 is 2.56 bits per heavy atom. The highest BCUT2D eigenvalue weighted by Crippen LogP contribution is 2.36. The van der Waals surface area contributed by atoms with Gasteiger partial charge in [-0.15, -0.1) is 0 Å². The second kappa shape index (κ2) is 6.48. The second-order valence-electron chi connectivity index (χ2n) is 5.36. The molecule has 0 bridgehead atoms. The minimum absolute atomic E-state index is 0.643. The van der Waals surface area contributed by atoms with Gasteiger partial charge in [0.05, 0.1) is 0 Å².